The summed E-state index contributed by atoms with van der Waals surface area (Å²) >= 11 is 5.84. The van der Waals surface area contributed by atoms with Crippen LogP contribution >= 0.6 is 11.6 Å². The Bertz CT molecular complexity index is 970. The van der Waals surface area contributed by atoms with E-state index in [1.54, 1.807) is 18.2 Å². The van der Waals surface area contributed by atoms with Gasteiger partial charge in [0.2, 0.25) is 5.91 Å². The maximum absolute atomic E-state index is 12.4. The standard InChI is InChI=1S/C20H20ClN3O4/c1-20-9-3-2-4-15(20)18(20)19(25)23-22-11-13-6-8-17(28-13)14-7-5-12(21)10-16(14)24(26)27/h5-8,10-11,15,18H,2-4,9H2,1H3,(H,23,25)/b22-11-/t15-,18-,20+/m1/s1. The van der Waals surface area contributed by atoms with Crippen LogP contribution in [0.5, 0.6) is 0 Å². The Morgan fingerprint density at radius 3 is 2.93 bits per heavy atom. The molecule has 1 aromatic heterocycles. The van der Waals surface area contributed by atoms with Crippen LogP contribution in [0, 0.1) is 27.4 Å². The van der Waals surface area contributed by atoms with Gasteiger partial charge >= 0.3 is 0 Å². The fraction of sp³-hybridized carbons (Fsp3) is 0.400. The molecule has 1 N–H and O–H groups in total. The maximum Gasteiger partial charge on any atom is 0.281 e. The van der Waals surface area contributed by atoms with Gasteiger partial charge in [-0.15, -0.1) is 0 Å². The van der Waals surface area contributed by atoms with E-state index in [-0.39, 0.29) is 28.0 Å². The number of rotatable bonds is 5. The smallest absolute Gasteiger partial charge is 0.281 e. The van der Waals surface area contributed by atoms with Crippen LogP contribution in [0.25, 0.3) is 11.3 Å². The topological polar surface area (TPSA) is 97.7 Å². The average Bonchev–Trinajstić information content (AvgIpc) is 3.02. The number of carbonyl (C=O) groups is 1. The molecule has 0 spiro atoms. The van der Waals surface area contributed by atoms with E-state index in [0.717, 1.165) is 12.8 Å². The van der Waals surface area contributed by atoms with Gasteiger partial charge in [-0.3, -0.25) is 14.9 Å². The molecule has 1 amide bonds. The highest BCUT2D eigenvalue weighted by atomic mass is 35.5. The molecule has 4 rings (SSSR count). The number of nitro groups is 1. The number of hydrogen-bond donors (Lipinski definition) is 1. The summed E-state index contributed by atoms with van der Waals surface area (Å²) in [5, 5.41) is 15.5. The van der Waals surface area contributed by atoms with Crippen molar-refractivity contribution in [1.82, 2.24) is 5.43 Å². The first kappa shape index (κ1) is 18.7. The normalized spacial score (nSPS) is 26.1. The second-order valence-corrected chi connectivity index (χ2v) is 8.13. The van der Waals surface area contributed by atoms with Crippen molar-refractivity contribution in [1.29, 1.82) is 0 Å². The maximum atomic E-state index is 12.4. The van der Waals surface area contributed by atoms with Crippen LogP contribution in [-0.4, -0.2) is 17.0 Å². The van der Waals surface area contributed by atoms with Crippen LogP contribution in [0.15, 0.2) is 39.9 Å². The van der Waals surface area contributed by atoms with Crippen molar-refractivity contribution in [3.8, 4) is 11.3 Å². The predicted octanol–water partition coefficient (Wildman–Crippen LogP) is 4.78. The molecule has 0 unspecified atom stereocenters. The van der Waals surface area contributed by atoms with Gasteiger partial charge < -0.3 is 4.42 Å². The van der Waals surface area contributed by atoms with Gasteiger partial charge in [-0.2, -0.15) is 5.10 Å². The van der Waals surface area contributed by atoms with Crippen LogP contribution in [0.2, 0.25) is 5.02 Å². The largest absolute Gasteiger partial charge is 0.455 e. The molecule has 2 fully saturated rings. The zero-order valence-electron chi connectivity index (χ0n) is 15.4. The Hall–Kier alpha value is -2.67. The van der Waals surface area contributed by atoms with Crippen molar-refractivity contribution in [3.05, 3.63) is 51.2 Å². The number of hydrazone groups is 1. The number of amides is 1. The molecule has 3 atom stereocenters. The Kier molecular flexibility index (Phi) is 4.71. The lowest BCUT2D eigenvalue weighted by molar-refractivity contribution is -0.384. The number of nitro benzene ring substituents is 1. The van der Waals surface area contributed by atoms with E-state index in [9.17, 15) is 14.9 Å². The molecule has 28 heavy (non-hydrogen) atoms. The van der Waals surface area contributed by atoms with E-state index in [2.05, 4.69) is 17.5 Å². The molecule has 7 nitrogen and oxygen atoms in total. The zero-order valence-corrected chi connectivity index (χ0v) is 16.1. The number of nitrogens with zero attached hydrogens (tertiary/aromatic N) is 2. The molecule has 0 saturated heterocycles. The minimum absolute atomic E-state index is 0.0380. The summed E-state index contributed by atoms with van der Waals surface area (Å²) in [6, 6.07) is 7.65. The Labute approximate surface area is 166 Å². The van der Waals surface area contributed by atoms with Crippen LogP contribution in [-0.2, 0) is 4.79 Å². The molecule has 0 aliphatic heterocycles. The molecule has 1 heterocycles. The predicted molar refractivity (Wildman–Crippen MR) is 105 cm³/mol. The van der Waals surface area contributed by atoms with E-state index in [4.69, 9.17) is 16.0 Å². The number of fused-ring (bicyclic) bond motifs is 1. The second kappa shape index (κ2) is 7.05. The molecule has 1 aromatic carbocycles. The van der Waals surface area contributed by atoms with Crippen LogP contribution < -0.4 is 5.43 Å². The van der Waals surface area contributed by atoms with Crippen molar-refractivity contribution in [2.24, 2.45) is 22.4 Å². The van der Waals surface area contributed by atoms with Gasteiger partial charge in [0.25, 0.3) is 5.69 Å². The molecule has 0 bridgehead atoms. The third-order valence-electron chi connectivity index (χ3n) is 6.03. The lowest BCUT2D eigenvalue weighted by Crippen LogP contribution is -2.22. The van der Waals surface area contributed by atoms with Crippen molar-refractivity contribution in [2.45, 2.75) is 32.6 Å². The fourth-order valence-electron chi connectivity index (χ4n) is 4.51. The first-order chi connectivity index (χ1) is 13.4. The molecule has 2 saturated carbocycles. The SMILES string of the molecule is C[C@]12CCCC[C@@H]1[C@@H]2C(=O)N/N=C\c1ccc(-c2ccc(Cl)cc2[N+](=O)[O-])o1. The lowest BCUT2D eigenvalue weighted by Gasteiger charge is -2.15. The number of furan rings is 1. The Morgan fingerprint density at radius 1 is 1.39 bits per heavy atom. The van der Waals surface area contributed by atoms with E-state index in [1.165, 1.54) is 31.2 Å². The molecule has 8 heteroatoms. The van der Waals surface area contributed by atoms with Crippen molar-refractivity contribution in [3.63, 3.8) is 0 Å². The first-order valence-electron chi connectivity index (χ1n) is 9.27. The number of nitrogens with one attached hydrogen (secondary N) is 1. The average molecular weight is 402 g/mol. The zero-order chi connectivity index (χ0) is 19.9. The van der Waals surface area contributed by atoms with Crippen molar-refractivity contribution >= 4 is 29.4 Å². The second-order valence-electron chi connectivity index (χ2n) is 7.69. The molecule has 2 aromatic rings. The van der Waals surface area contributed by atoms with Crippen LogP contribution in [0.3, 0.4) is 0 Å². The van der Waals surface area contributed by atoms with E-state index < -0.39 is 4.92 Å². The summed E-state index contributed by atoms with van der Waals surface area (Å²) in [4.78, 5) is 23.1. The molecule has 146 valence electrons. The van der Waals surface area contributed by atoms with Gasteiger partial charge in [0.05, 0.1) is 16.7 Å². The van der Waals surface area contributed by atoms with Gasteiger partial charge in [0, 0.05) is 17.0 Å². The highest BCUT2D eigenvalue weighted by molar-refractivity contribution is 6.30. The van der Waals surface area contributed by atoms with Gasteiger partial charge in [-0.1, -0.05) is 31.4 Å². The first-order valence-corrected chi connectivity index (χ1v) is 9.65. The highest BCUT2D eigenvalue weighted by Crippen LogP contribution is 2.66. The summed E-state index contributed by atoms with van der Waals surface area (Å²) < 4.78 is 5.62. The molecule has 2 aliphatic rings. The molecule has 2 aliphatic carbocycles. The molecular weight excluding hydrogens is 382 g/mol. The van der Waals surface area contributed by atoms with Gasteiger partial charge in [0.15, 0.2) is 0 Å². The number of benzene rings is 1. The number of hydrogen-bond acceptors (Lipinski definition) is 5. The Balaban J connectivity index is 1.43. The fourth-order valence-corrected chi connectivity index (χ4v) is 4.68. The van der Waals surface area contributed by atoms with E-state index in [1.807, 2.05) is 0 Å². The van der Waals surface area contributed by atoms with Gasteiger partial charge in [0.1, 0.15) is 11.5 Å². The molecule has 0 radical (unpaired) electrons. The highest BCUT2D eigenvalue weighted by Gasteiger charge is 2.64. The minimum Gasteiger partial charge on any atom is -0.455 e. The summed E-state index contributed by atoms with van der Waals surface area (Å²) in [7, 11) is 0. The summed E-state index contributed by atoms with van der Waals surface area (Å²) in [5.74, 6) is 1.18. The van der Waals surface area contributed by atoms with Gasteiger partial charge in [-0.05, 0) is 48.4 Å². The summed E-state index contributed by atoms with van der Waals surface area (Å²) in [5.41, 5.74) is 2.92. The lowest BCUT2D eigenvalue weighted by atomic mass is 9.90. The third-order valence-corrected chi connectivity index (χ3v) is 6.26. The summed E-state index contributed by atoms with van der Waals surface area (Å²) in [6.07, 6.45) is 5.99. The monoisotopic (exact) mass is 401 g/mol. The van der Waals surface area contributed by atoms with Crippen LogP contribution in [0.1, 0.15) is 38.4 Å². The number of halogens is 1. The van der Waals surface area contributed by atoms with Crippen molar-refractivity contribution in [2.75, 3.05) is 0 Å². The Morgan fingerprint density at radius 2 is 2.21 bits per heavy atom. The third kappa shape index (κ3) is 3.30. The van der Waals surface area contributed by atoms with Gasteiger partial charge in [-0.25, -0.2) is 5.43 Å². The van der Waals surface area contributed by atoms with Crippen molar-refractivity contribution < 1.29 is 14.1 Å². The minimum atomic E-state index is -0.507. The summed E-state index contributed by atoms with van der Waals surface area (Å²) in [6.45, 7) is 2.18. The van der Waals surface area contributed by atoms with E-state index in [0.29, 0.717) is 23.0 Å². The number of carbonyl (C=O) groups excluding carboxylic acids is 1. The van der Waals surface area contributed by atoms with Crippen LogP contribution in [0.4, 0.5) is 5.69 Å². The van der Waals surface area contributed by atoms with E-state index >= 15 is 0 Å². The quantitative estimate of drug-likeness (QED) is 0.442. The molecular formula is C20H20ClN3O4.